The molecule has 1 amide bonds. The first-order chi connectivity index (χ1) is 10.3. The van der Waals surface area contributed by atoms with Crippen LogP contribution in [0.3, 0.4) is 0 Å². The monoisotopic (exact) mass is 284 g/mol. The molecule has 4 rings (SSSR count). The average molecular weight is 284 g/mol. The van der Waals surface area contributed by atoms with Gasteiger partial charge >= 0.3 is 0 Å². The van der Waals surface area contributed by atoms with Crippen molar-refractivity contribution in [1.82, 2.24) is 10.3 Å². The number of aromatic nitrogens is 1. The molecule has 6 heteroatoms. The van der Waals surface area contributed by atoms with E-state index in [0.717, 1.165) is 16.8 Å². The average Bonchev–Trinajstić information content (AvgIpc) is 3.18. The summed E-state index contributed by atoms with van der Waals surface area (Å²) in [6, 6.07) is 9.07. The fourth-order valence-electron chi connectivity index (χ4n) is 2.30. The first-order valence-corrected chi connectivity index (χ1v) is 6.52. The number of rotatable bonds is 3. The van der Waals surface area contributed by atoms with E-state index in [2.05, 4.69) is 10.3 Å². The summed E-state index contributed by atoms with van der Waals surface area (Å²) in [6.07, 6.45) is 1.58. The molecule has 0 radical (unpaired) electrons. The summed E-state index contributed by atoms with van der Waals surface area (Å²) in [5.74, 6) is 1.26. The minimum Gasteiger partial charge on any atom is -0.463 e. The van der Waals surface area contributed by atoms with Crippen molar-refractivity contribution in [2.75, 3.05) is 6.79 Å². The van der Waals surface area contributed by atoms with Crippen LogP contribution in [0.2, 0.25) is 0 Å². The van der Waals surface area contributed by atoms with Crippen molar-refractivity contribution < 1.29 is 18.7 Å². The van der Waals surface area contributed by atoms with Gasteiger partial charge in [-0.25, -0.2) is 0 Å². The lowest BCUT2D eigenvalue weighted by Gasteiger charge is -2.05. The highest BCUT2D eigenvalue weighted by Gasteiger charge is 2.14. The second kappa shape index (κ2) is 4.59. The highest BCUT2D eigenvalue weighted by Crippen LogP contribution is 2.32. The summed E-state index contributed by atoms with van der Waals surface area (Å²) in [4.78, 5) is 15.1. The molecule has 21 heavy (non-hydrogen) atoms. The van der Waals surface area contributed by atoms with E-state index < -0.39 is 0 Å². The summed E-state index contributed by atoms with van der Waals surface area (Å²) in [5.41, 5.74) is 2.90. The van der Waals surface area contributed by atoms with Gasteiger partial charge in [0.1, 0.15) is 5.69 Å². The number of fused-ring (bicyclic) bond motifs is 2. The molecule has 2 aromatic heterocycles. The van der Waals surface area contributed by atoms with Crippen molar-refractivity contribution in [3.63, 3.8) is 0 Å². The molecule has 0 spiro atoms. The predicted octanol–water partition coefficient (Wildman–Crippen LogP) is 2.42. The van der Waals surface area contributed by atoms with E-state index in [1.807, 2.05) is 18.2 Å². The molecular weight excluding hydrogens is 272 g/mol. The maximum atomic E-state index is 12.1. The van der Waals surface area contributed by atoms with E-state index in [-0.39, 0.29) is 12.7 Å². The van der Waals surface area contributed by atoms with Crippen LogP contribution in [0.5, 0.6) is 11.5 Å². The molecular formula is C15H12N2O4. The van der Waals surface area contributed by atoms with Gasteiger partial charge in [0.05, 0.1) is 11.8 Å². The number of furan rings is 1. The van der Waals surface area contributed by atoms with Crippen molar-refractivity contribution in [3.05, 3.63) is 47.9 Å². The molecule has 0 saturated heterocycles. The minimum atomic E-state index is -0.181. The number of carbonyl (C=O) groups is 1. The van der Waals surface area contributed by atoms with Crippen LogP contribution in [0, 0.1) is 0 Å². The van der Waals surface area contributed by atoms with Crippen LogP contribution in [-0.4, -0.2) is 17.7 Å². The Bertz CT molecular complexity index is 790. The van der Waals surface area contributed by atoms with E-state index in [4.69, 9.17) is 13.9 Å². The van der Waals surface area contributed by atoms with Gasteiger partial charge in [0, 0.05) is 18.7 Å². The lowest BCUT2D eigenvalue weighted by Crippen LogP contribution is -2.23. The zero-order chi connectivity index (χ0) is 14.2. The molecule has 6 nitrogen and oxygen atoms in total. The van der Waals surface area contributed by atoms with Gasteiger partial charge in [0.2, 0.25) is 6.79 Å². The Morgan fingerprint density at radius 3 is 3.00 bits per heavy atom. The lowest BCUT2D eigenvalue weighted by atomic mass is 10.2. The number of hydrogen-bond acceptors (Lipinski definition) is 4. The van der Waals surface area contributed by atoms with Crippen LogP contribution in [0.15, 0.2) is 41.0 Å². The molecule has 2 N–H and O–H groups in total. The first-order valence-electron chi connectivity index (χ1n) is 6.52. The van der Waals surface area contributed by atoms with Crippen LogP contribution in [-0.2, 0) is 6.54 Å². The lowest BCUT2D eigenvalue weighted by molar-refractivity contribution is 0.0946. The Balaban J connectivity index is 1.46. The van der Waals surface area contributed by atoms with Crippen LogP contribution in [0.25, 0.3) is 11.1 Å². The number of aromatic amines is 1. The quantitative estimate of drug-likeness (QED) is 0.774. The standard InChI is InChI=1S/C15H12N2O4/c18-15(11-6-13-10(17-11)3-4-19-13)16-7-9-1-2-12-14(5-9)21-8-20-12/h1-6,17H,7-8H2,(H,16,18). The van der Waals surface area contributed by atoms with Crippen molar-refractivity contribution in [3.8, 4) is 11.5 Å². The van der Waals surface area contributed by atoms with Gasteiger partial charge in [-0.3, -0.25) is 4.79 Å². The van der Waals surface area contributed by atoms with Crippen LogP contribution >= 0.6 is 0 Å². The van der Waals surface area contributed by atoms with Gasteiger partial charge in [-0.1, -0.05) is 6.07 Å². The van der Waals surface area contributed by atoms with Crippen LogP contribution in [0.1, 0.15) is 16.1 Å². The zero-order valence-electron chi connectivity index (χ0n) is 11.0. The molecule has 0 fully saturated rings. The summed E-state index contributed by atoms with van der Waals surface area (Å²) in [5, 5.41) is 2.85. The second-order valence-electron chi connectivity index (χ2n) is 4.75. The fourth-order valence-corrected chi connectivity index (χ4v) is 2.30. The minimum absolute atomic E-state index is 0.181. The number of carbonyl (C=O) groups excluding carboxylic acids is 1. The van der Waals surface area contributed by atoms with Gasteiger partial charge in [0.25, 0.3) is 5.91 Å². The smallest absolute Gasteiger partial charge is 0.268 e. The Kier molecular flexibility index (Phi) is 2.60. The van der Waals surface area contributed by atoms with Gasteiger partial charge in [-0.15, -0.1) is 0 Å². The Morgan fingerprint density at radius 1 is 1.19 bits per heavy atom. The van der Waals surface area contributed by atoms with Crippen molar-refractivity contribution in [2.45, 2.75) is 6.54 Å². The summed E-state index contributed by atoms with van der Waals surface area (Å²) in [7, 11) is 0. The number of benzene rings is 1. The third-order valence-corrected chi connectivity index (χ3v) is 3.37. The third-order valence-electron chi connectivity index (χ3n) is 3.37. The summed E-state index contributed by atoms with van der Waals surface area (Å²) >= 11 is 0. The number of ether oxygens (including phenoxy) is 2. The topological polar surface area (TPSA) is 76.5 Å². The summed E-state index contributed by atoms with van der Waals surface area (Å²) < 4.78 is 15.8. The van der Waals surface area contributed by atoms with E-state index in [9.17, 15) is 4.79 Å². The number of H-pyrrole nitrogens is 1. The number of hydrogen-bond donors (Lipinski definition) is 2. The molecule has 3 heterocycles. The van der Waals surface area contributed by atoms with E-state index in [1.165, 1.54) is 0 Å². The molecule has 0 aliphatic carbocycles. The van der Waals surface area contributed by atoms with Crippen LogP contribution in [0.4, 0.5) is 0 Å². The fraction of sp³-hybridized carbons (Fsp3) is 0.133. The Morgan fingerprint density at radius 2 is 2.10 bits per heavy atom. The highest BCUT2D eigenvalue weighted by atomic mass is 16.7. The molecule has 0 atom stereocenters. The molecule has 0 unspecified atom stereocenters. The Labute approximate surface area is 119 Å². The normalized spacial score (nSPS) is 12.8. The maximum absolute atomic E-state index is 12.1. The van der Waals surface area contributed by atoms with Crippen molar-refractivity contribution in [2.24, 2.45) is 0 Å². The van der Waals surface area contributed by atoms with Gasteiger partial charge < -0.3 is 24.2 Å². The number of amides is 1. The first kappa shape index (κ1) is 11.9. The molecule has 1 aliphatic rings. The predicted molar refractivity (Wildman–Crippen MR) is 74.3 cm³/mol. The third kappa shape index (κ3) is 2.10. The van der Waals surface area contributed by atoms with E-state index in [0.29, 0.717) is 23.6 Å². The maximum Gasteiger partial charge on any atom is 0.268 e. The summed E-state index contributed by atoms with van der Waals surface area (Å²) in [6.45, 7) is 0.655. The molecule has 1 aromatic carbocycles. The highest BCUT2D eigenvalue weighted by molar-refractivity contribution is 5.96. The molecule has 1 aliphatic heterocycles. The van der Waals surface area contributed by atoms with Crippen LogP contribution < -0.4 is 14.8 Å². The molecule has 3 aromatic rings. The van der Waals surface area contributed by atoms with Gasteiger partial charge in [-0.05, 0) is 17.7 Å². The number of nitrogens with one attached hydrogen (secondary N) is 2. The van der Waals surface area contributed by atoms with E-state index in [1.54, 1.807) is 18.4 Å². The molecule has 0 saturated carbocycles. The Hall–Kier alpha value is -2.89. The van der Waals surface area contributed by atoms with Gasteiger partial charge in [0.15, 0.2) is 17.1 Å². The SMILES string of the molecule is O=C(NCc1ccc2c(c1)OCO2)c1cc2occc2[nH]1. The molecule has 0 bridgehead atoms. The largest absolute Gasteiger partial charge is 0.463 e. The van der Waals surface area contributed by atoms with Gasteiger partial charge in [-0.2, -0.15) is 0 Å². The van der Waals surface area contributed by atoms with Crippen molar-refractivity contribution in [1.29, 1.82) is 0 Å². The van der Waals surface area contributed by atoms with E-state index >= 15 is 0 Å². The second-order valence-corrected chi connectivity index (χ2v) is 4.75. The van der Waals surface area contributed by atoms with Crippen molar-refractivity contribution >= 4 is 17.0 Å². The zero-order valence-corrected chi connectivity index (χ0v) is 11.0. The molecule has 106 valence electrons.